The zero-order valence-electron chi connectivity index (χ0n) is 14.8. The third-order valence-electron chi connectivity index (χ3n) is 3.86. The topological polar surface area (TPSA) is 62.1 Å². The van der Waals surface area contributed by atoms with E-state index in [1.54, 1.807) is 24.3 Å². The normalized spacial score (nSPS) is 12.2. The van der Waals surface area contributed by atoms with Crippen molar-refractivity contribution in [2.24, 2.45) is 0 Å². The lowest BCUT2D eigenvalue weighted by atomic mass is 10.1. The van der Waals surface area contributed by atoms with Gasteiger partial charge < -0.3 is 10.1 Å². The third-order valence-corrected chi connectivity index (χ3v) is 4.09. The average molecular weight is 369 g/mol. The number of nitriles is 1. The maximum Gasteiger partial charge on any atom is 0.262 e. The van der Waals surface area contributed by atoms with E-state index < -0.39 is 0 Å². The smallest absolute Gasteiger partial charge is 0.262 e. The number of ether oxygens (including phenoxy) is 1. The van der Waals surface area contributed by atoms with Gasteiger partial charge in [-0.25, -0.2) is 0 Å². The molecule has 0 saturated heterocycles. The van der Waals surface area contributed by atoms with E-state index in [0.29, 0.717) is 22.9 Å². The van der Waals surface area contributed by atoms with Crippen molar-refractivity contribution in [3.8, 4) is 11.8 Å². The van der Waals surface area contributed by atoms with Crippen molar-refractivity contribution in [2.45, 2.75) is 32.9 Å². The maximum atomic E-state index is 12.2. The first kappa shape index (κ1) is 19.6. The number of para-hydroxylation sites is 1. The van der Waals surface area contributed by atoms with Crippen LogP contribution >= 0.6 is 11.6 Å². The van der Waals surface area contributed by atoms with Gasteiger partial charge in [0.15, 0.2) is 0 Å². The number of amides is 1. The molecule has 2 aromatic rings. The quantitative estimate of drug-likeness (QED) is 0.567. The van der Waals surface area contributed by atoms with Crippen molar-refractivity contribution in [2.75, 3.05) is 0 Å². The summed E-state index contributed by atoms with van der Waals surface area (Å²) >= 11 is 5.99. The van der Waals surface area contributed by atoms with Crippen LogP contribution in [0.1, 0.15) is 31.4 Å². The summed E-state index contributed by atoms with van der Waals surface area (Å²) in [6.07, 6.45) is 2.34. The van der Waals surface area contributed by atoms with Gasteiger partial charge in [-0.15, -0.1) is 0 Å². The van der Waals surface area contributed by atoms with Gasteiger partial charge in [0, 0.05) is 16.6 Å². The zero-order valence-corrected chi connectivity index (χ0v) is 15.6. The number of hydrogen-bond acceptors (Lipinski definition) is 3. The summed E-state index contributed by atoms with van der Waals surface area (Å²) in [7, 11) is 0. The van der Waals surface area contributed by atoms with Gasteiger partial charge in [0.25, 0.3) is 5.91 Å². The van der Waals surface area contributed by atoms with E-state index in [9.17, 15) is 10.1 Å². The number of nitrogens with zero attached hydrogens (tertiary/aromatic N) is 1. The van der Waals surface area contributed by atoms with Crippen LogP contribution in [0.15, 0.2) is 54.1 Å². The Hall–Kier alpha value is -2.77. The highest BCUT2D eigenvalue weighted by Crippen LogP contribution is 2.23. The van der Waals surface area contributed by atoms with Gasteiger partial charge in [-0.1, -0.05) is 48.9 Å². The highest BCUT2D eigenvalue weighted by molar-refractivity contribution is 6.30. The molecule has 5 heteroatoms. The van der Waals surface area contributed by atoms with Gasteiger partial charge in [0.1, 0.15) is 24.0 Å². The fourth-order valence-electron chi connectivity index (χ4n) is 2.23. The molecule has 0 heterocycles. The molecule has 0 fully saturated rings. The largest absolute Gasteiger partial charge is 0.488 e. The summed E-state index contributed by atoms with van der Waals surface area (Å²) in [5.74, 6) is 0.211. The highest BCUT2D eigenvalue weighted by atomic mass is 35.5. The molecule has 0 aromatic heterocycles. The van der Waals surface area contributed by atoms with Crippen molar-refractivity contribution in [3.63, 3.8) is 0 Å². The first-order valence-electron chi connectivity index (χ1n) is 8.42. The summed E-state index contributed by atoms with van der Waals surface area (Å²) in [5, 5.41) is 12.8. The first-order chi connectivity index (χ1) is 12.5. The minimum absolute atomic E-state index is 0.00794. The predicted octanol–water partition coefficient (Wildman–Crippen LogP) is 4.74. The van der Waals surface area contributed by atoms with Crippen LogP contribution in [0.25, 0.3) is 6.08 Å². The lowest BCUT2D eigenvalue weighted by Crippen LogP contribution is -2.32. The number of nitrogens with one attached hydrogen (secondary N) is 1. The van der Waals surface area contributed by atoms with Gasteiger partial charge in [0.2, 0.25) is 0 Å². The second-order valence-corrected chi connectivity index (χ2v) is 6.35. The molecule has 1 N–H and O–H groups in total. The van der Waals surface area contributed by atoms with Crippen LogP contribution in [0.2, 0.25) is 5.02 Å². The van der Waals surface area contributed by atoms with Crippen LogP contribution in [0, 0.1) is 11.3 Å². The Morgan fingerprint density at radius 3 is 2.77 bits per heavy atom. The number of carbonyl (C=O) groups is 1. The van der Waals surface area contributed by atoms with E-state index in [1.807, 2.05) is 50.2 Å². The fourth-order valence-corrected chi connectivity index (χ4v) is 2.44. The predicted molar refractivity (Wildman–Crippen MR) is 104 cm³/mol. The fraction of sp³-hybridized carbons (Fsp3) is 0.238. The summed E-state index contributed by atoms with van der Waals surface area (Å²) in [5.41, 5.74) is 1.65. The second kappa shape index (κ2) is 9.65. The Morgan fingerprint density at radius 2 is 2.08 bits per heavy atom. The Kier molecular flexibility index (Phi) is 7.25. The SMILES string of the molecule is CC[C@H](C)NC(=O)/C(C#N)=C/c1ccccc1OCc1cccc(Cl)c1. The van der Waals surface area contributed by atoms with E-state index in [4.69, 9.17) is 16.3 Å². The molecular formula is C21H21ClN2O2. The molecule has 0 spiro atoms. The van der Waals surface area contributed by atoms with Crippen LogP contribution in [-0.4, -0.2) is 11.9 Å². The Bertz CT molecular complexity index is 840. The molecule has 0 bridgehead atoms. The number of benzene rings is 2. The minimum atomic E-state index is -0.383. The molecule has 4 nitrogen and oxygen atoms in total. The van der Waals surface area contributed by atoms with Gasteiger partial charge in [-0.2, -0.15) is 5.26 Å². The molecule has 134 valence electrons. The second-order valence-electron chi connectivity index (χ2n) is 5.91. The van der Waals surface area contributed by atoms with E-state index in [-0.39, 0.29) is 17.5 Å². The third kappa shape index (κ3) is 5.65. The summed E-state index contributed by atoms with van der Waals surface area (Å²) in [6, 6.07) is 16.7. The molecule has 2 aromatic carbocycles. The first-order valence-corrected chi connectivity index (χ1v) is 8.80. The van der Waals surface area contributed by atoms with Crippen LogP contribution in [0.3, 0.4) is 0 Å². The van der Waals surface area contributed by atoms with E-state index >= 15 is 0 Å². The summed E-state index contributed by atoms with van der Waals surface area (Å²) in [6.45, 7) is 4.21. The molecule has 0 aliphatic rings. The number of rotatable bonds is 7. The van der Waals surface area contributed by atoms with Gasteiger partial charge in [-0.05, 0) is 43.2 Å². The monoisotopic (exact) mass is 368 g/mol. The minimum Gasteiger partial charge on any atom is -0.488 e. The van der Waals surface area contributed by atoms with E-state index in [0.717, 1.165) is 12.0 Å². The summed E-state index contributed by atoms with van der Waals surface area (Å²) < 4.78 is 5.86. The zero-order chi connectivity index (χ0) is 18.9. The molecule has 0 aliphatic carbocycles. The maximum absolute atomic E-state index is 12.2. The van der Waals surface area contributed by atoms with Crippen molar-refractivity contribution in [1.82, 2.24) is 5.32 Å². The van der Waals surface area contributed by atoms with Gasteiger partial charge in [0.05, 0.1) is 0 Å². The van der Waals surface area contributed by atoms with Crippen LogP contribution < -0.4 is 10.1 Å². The lowest BCUT2D eigenvalue weighted by molar-refractivity contribution is -0.117. The van der Waals surface area contributed by atoms with Crippen molar-refractivity contribution < 1.29 is 9.53 Å². The Labute approximate surface area is 159 Å². The lowest BCUT2D eigenvalue weighted by Gasteiger charge is -2.12. The van der Waals surface area contributed by atoms with Gasteiger partial charge >= 0.3 is 0 Å². The number of carbonyl (C=O) groups excluding carboxylic acids is 1. The van der Waals surface area contributed by atoms with Crippen molar-refractivity contribution in [3.05, 3.63) is 70.3 Å². The van der Waals surface area contributed by atoms with Crippen LogP contribution in [0.4, 0.5) is 0 Å². The molecule has 0 radical (unpaired) electrons. The standard InChI is InChI=1S/C21H21ClN2O2/c1-3-15(2)24-21(25)18(13-23)12-17-8-4-5-10-20(17)26-14-16-7-6-9-19(22)11-16/h4-12,15H,3,14H2,1-2H3,(H,24,25)/b18-12+/t15-/m0/s1. The Morgan fingerprint density at radius 1 is 1.31 bits per heavy atom. The van der Waals surface area contributed by atoms with Crippen LogP contribution in [0.5, 0.6) is 5.75 Å². The highest BCUT2D eigenvalue weighted by Gasteiger charge is 2.12. The van der Waals surface area contributed by atoms with Gasteiger partial charge in [-0.3, -0.25) is 4.79 Å². The van der Waals surface area contributed by atoms with Crippen molar-refractivity contribution in [1.29, 1.82) is 5.26 Å². The Balaban J connectivity index is 2.19. The molecule has 26 heavy (non-hydrogen) atoms. The summed E-state index contributed by atoms with van der Waals surface area (Å²) in [4.78, 5) is 12.2. The van der Waals surface area contributed by atoms with Crippen molar-refractivity contribution >= 4 is 23.6 Å². The van der Waals surface area contributed by atoms with E-state index in [2.05, 4.69) is 5.32 Å². The van der Waals surface area contributed by atoms with Crippen LogP contribution in [-0.2, 0) is 11.4 Å². The average Bonchev–Trinajstić information content (AvgIpc) is 2.65. The molecule has 0 unspecified atom stereocenters. The molecule has 2 rings (SSSR count). The molecular weight excluding hydrogens is 348 g/mol. The van der Waals surface area contributed by atoms with E-state index in [1.165, 1.54) is 0 Å². The molecule has 0 saturated carbocycles. The molecule has 1 amide bonds. The number of halogens is 1. The molecule has 1 atom stereocenters. The number of hydrogen-bond donors (Lipinski definition) is 1. The molecule has 0 aliphatic heterocycles.